The van der Waals surface area contributed by atoms with E-state index in [2.05, 4.69) is 38.5 Å². The molecule has 4 aromatic rings. The van der Waals surface area contributed by atoms with Gasteiger partial charge in [-0.1, -0.05) is 0 Å². The van der Waals surface area contributed by atoms with Gasteiger partial charge in [0.2, 0.25) is 5.95 Å². The van der Waals surface area contributed by atoms with Crippen LogP contribution in [0.15, 0.2) is 33.2 Å². The van der Waals surface area contributed by atoms with Crippen LogP contribution in [0.4, 0.5) is 23.3 Å². The molecule has 0 aliphatic carbocycles. The van der Waals surface area contributed by atoms with E-state index in [0.29, 0.717) is 0 Å². The van der Waals surface area contributed by atoms with Crippen molar-refractivity contribution in [3.05, 3.63) is 55.6 Å². The summed E-state index contributed by atoms with van der Waals surface area (Å²) in [5.41, 5.74) is 9.30. The molecule has 0 spiro atoms. The van der Waals surface area contributed by atoms with Crippen molar-refractivity contribution in [2.45, 2.75) is 93.4 Å². The molecule has 3 fully saturated rings. The van der Waals surface area contributed by atoms with Gasteiger partial charge in [0.15, 0.2) is 29.7 Å². The molecule has 76 heavy (non-hydrogen) atoms. The molecule has 41 heteroatoms. The van der Waals surface area contributed by atoms with E-state index < -0.39 is 148 Å². The van der Waals surface area contributed by atoms with Crippen molar-refractivity contribution in [2.24, 2.45) is 0 Å². The Hall–Kier alpha value is -4.49. The molecule has 37 nitrogen and oxygen atoms in total. The molecular formula is C35H52N12O25P4. The van der Waals surface area contributed by atoms with Crippen molar-refractivity contribution in [1.29, 1.82) is 0 Å². The van der Waals surface area contributed by atoms with Crippen molar-refractivity contribution < 1.29 is 103 Å². The molecule has 4 aromatic heterocycles. The number of aliphatic hydroxyl groups excluding tert-OH is 2. The van der Waals surface area contributed by atoms with Crippen LogP contribution in [0.3, 0.4) is 0 Å². The Labute approximate surface area is 425 Å². The predicted molar refractivity (Wildman–Crippen MR) is 250 cm³/mol. The van der Waals surface area contributed by atoms with E-state index in [4.69, 9.17) is 58.0 Å². The monoisotopic (exact) mass is 1160 g/mol. The second-order valence-electron chi connectivity index (χ2n) is 17.3. The van der Waals surface area contributed by atoms with E-state index in [0.717, 1.165) is 26.0 Å². The molecule has 8 rings (SSSR count). The number of nitrogens with one attached hydrogen (secondary N) is 3. The number of anilines is 4. The zero-order valence-electron chi connectivity index (χ0n) is 40.1. The minimum absolute atomic E-state index is 0.0238. The Morgan fingerprint density at radius 3 is 2.01 bits per heavy atom. The summed E-state index contributed by atoms with van der Waals surface area (Å²) in [5, 5.41) is 22.2. The van der Waals surface area contributed by atoms with Gasteiger partial charge in [-0.3, -0.25) is 42.2 Å². The summed E-state index contributed by atoms with van der Waals surface area (Å²) in [4.78, 5) is 105. The topological polar surface area (TPSA) is 514 Å². The number of nitrogens with two attached hydrogens (primary N) is 2. The highest BCUT2D eigenvalue weighted by atomic mass is 31.3. The number of rotatable bonds is 22. The number of nitrogen functional groups attached to an aromatic ring is 2. The van der Waals surface area contributed by atoms with Gasteiger partial charge in [0.1, 0.15) is 78.6 Å². The number of methoxy groups -OCH3 is 2. The SMILES string of the molecule is COC1[C@@H](O)[C@@H](COP(=O)(O)OP(=O)(O)OP(=O)(O)OC[C@H]2O[C@@H](n3cnc4c(N)ncnc43)[C@@H](OC)C2OP(=O)(O)OC[C@H]2O[C@@H](c3c[nH]c(=O)[nH]c3=O)[C@@H](O)C2OC(C)C)O[C@H]1N1CN(C)c2c1nc(N)[nH]c2=O. The quantitative estimate of drug-likeness (QED) is 0.0364. The van der Waals surface area contributed by atoms with Gasteiger partial charge in [-0.05, 0) is 13.8 Å². The molecule has 4 aliphatic heterocycles. The molecule has 8 heterocycles. The van der Waals surface area contributed by atoms with E-state index in [1.54, 1.807) is 20.9 Å². The smallest absolute Gasteiger partial charge is 0.387 e. The van der Waals surface area contributed by atoms with Crippen LogP contribution in [-0.4, -0.2) is 184 Å². The first-order chi connectivity index (χ1) is 35.6. The van der Waals surface area contributed by atoms with Crippen LogP contribution in [0.1, 0.15) is 31.7 Å². The van der Waals surface area contributed by atoms with Gasteiger partial charge in [0, 0.05) is 27.5 Å². The molecule has 13 N–H and O–H groups in total. The Bertz CT molecular complexity index is 3150. The fraction of sp³-hybridized carbons (Fsp3) is 0.629. The molecule has 0 amide bonds. The first kappa shape index (κ1) is 57.7. The van der Waals surface area contributed by atoms with Gasteiger partial charge < -0.3 is 84.5 Å². The Balaban J connectivity index is 0.941. The molecule has 422 valence electrons. The number of phosphoric acid groups is 4. The van der Waals surface area contributed by atoms with Crippen LogP contribution in [0, 0.1) is 0 Å². The number of aromatic nitrogens is 8. The molecule has 0 bridgehead atoms. The number of hydrogen-bond acceptors (Lipinski definition) is 29. The number of aromatic amines is 3. The van der Waals surface area contributed by atoms with Crippen LogP contribution in [0.2, 0.25) is 0 Å². The molecule has 0 aromatic carbocycles. The highest BCUT2D eigenvalue weighted by Crippen LogP contribution is 2.68. The van der Waals surface area contributed by atoms with Gasteiger partial charge in [-0.15, -0.1) is 0 Å². The number of phosphoric ester groups is 3. The highest BCUT2D eigenvalue weighted by Gasteiger charge is 2.54. The first-order valence-corrected chi connectivity index (χ1v) is 28.1. The van der Waals surface area contributed by atoms with Crippen molar-refractivity contribution in [1.82, 2.24) is 39.5 Å². The molecule has 3 saturated heterocycles. The lowest BCUT2D eigenvalue weighted by Gasteiger charge is -2.29. The molecule has 0 saturated carbocycles. The largest absolute Gasteiger partial charge is 0.490 e. The number of aliphatic hydroxyl groups is 2. The molecule has 4 aliphatic rings. The predicted octanol–water partition coefficient (Wildman–Crippen LogP) is -2.46. The van der Waals surface area contributed by atoms with Crippen molar-refractivity contribution in [3.63, 3.8) is 0 Å². The number of hydrogen-bond donors (Lipinski definition) is 11. The van der Waals surface area contributed by atoms with Crippen molar-refractivity contribution in [2.75, 3.05) is 69.0 Å². The zero-order valence-corrected chi connectivity index (χ0v) is 43.7. The Morgan fingerprint density at radius 1 is 0.763 bits per heavy atom. The third-order valence-corrected chi connectivity index (χ3v) is 17.1. The molecule has 16 atom stereocenters. The third-order valence-electron chi connectivity index (χ3n) is 11.8. The maximum Gasteiger partial charge on any atom is 0.490 e. The fourth-order valence-electron chi connectivity index (χ4n) is 8.70. The van der Waals surface area contributed by atoms with Gasteiger partial charge in [0.25, 0.3) is 11.1 Å². The third kappa shape index (κ3) is 12.4. The van der Waals surface area contributed by atoms with Gasteiger partial charge in [0.05, 0.1) is 44.5 Å². The summed E-state index contributed by atoms with van der Waals surface area (Å²) in [7, 11) is -19.5. The maximum atomic E-state index is 13.8. The lowest BCUT2D eigenvalue weighted by atomic mass is 10.0. The highest BCUT2D eigenvalue weighted by molar-refractivity contribution is 7.66. The zero-order chi connectivity index (χ0) is 55.4. The number of imidazole rings is 1. The Morgan fingerprint density at radius 2 is 1.38 bits per heavy atom. The first-order valence-electron chi connectivity index (χ1n) is 22.1. The number of nitrogens with zero attached hydrogens (tertiary/aromatic N) is 7. The van der Waals surface area contributed by atoms with E-state index in [9.17, 15) is 62.4 Å². The van der Waals surface area contributed by atoms with E-state index in [-0.39, 0.29) is 46.7 Å². The van der Waals surface area contributed by atoms with Gasteiger partial charge >= 0.3 is 37.0 Å². The summed E-state index contributed by atoms with van der Waals surface area (Å²) < 4.78 is 118. The number of ether oxygens (including phenoxy) is 6. The summed E-state index contributed by atoms with van der Waals surface area (Å²) in [6.07, 6.45) is -15.3. The average Bonchev–Trinajstić information content (AvgIpc) is 4.13. The minimum Gasteiger partial charge on any atom is -0.387 e. The Kier molecular flexibility index (Phi) is 16.9. The van der Waals surface area contributed by atoms with Crippen LogP contribution in [-0.2, 0) is 73.4 Å². The van der Waals surface area contributed by atoms with Gasteiger partial charge in [-0.2, -0.15) is 13.6 Å². The lowest BCUT2D eigenvalue weighted by molar-refractivity contribution is -0.0802. The second kappa shape index (κ2) is 22.3. The van der Waals surface area contributed by atoms with Crippen LogP contribution in [0.25, 0.3) is 11.2 Å². The van der Waals surface area contributed by atoms with Crippen LogP contribution >= 0.6 is 31.3 Å². The maximum absolute atomic E-state index is 13.8. The fourth-order valence-corrected chi connectivity index (χ4v) is 13.2. The van der Waals surface area contributed by atoms with E-state index in [1.807, 2.05) is 4.98 Å². The molecular weight excluding hydrogens is 1110 g/mol. The van der Waals surface area contributed by atoms with E-state index in [1.165, 1.54) is 21.5 Å². The van der Waals surface area contributed by atoms with E-state index >= 15 is 0 Å². The second-order valence-corrected chi connectivity index (χ2v) is 23.3. The normalized spacial score (nSPS) is 30.9. The summed E-state index contributed by atoms with van der Waals surface area (Å²) in [6, 6.07) is 0. The number of H-pyrrole nitrogens is 3. The lowest BCUT2D eigenvalue weighted by Crippen LogP contribution is -2.46. The van der Waals surface area contributed by atoms with Crippen LogP contribution in [0.5, 0.6) is 0 Å². The van der Waals surface area contributed by atoms with Crippen molar-refractivity contribution >= 4 is 65.7 Å². The van der Waals surface area contributed by atoms with Crippen LogP contribution < -0.4 is 38.1 Å². The van der Waals surface area contributed by atoms with Crippen molar-refractivity contribution in [3.8, 4) is 0 Å². The standard InChI is InChI=1S/C35H52N12O25P4/c1-13(2)66-23-16(67-22(21(23)49)14-6-38-35(52)44-30(14)50)8-63-73(53,54)70-24-17(69-33(26(24)62-5)46-11-41-18-27(36)39-10-40-28(18)46)9-65-75(57,58)72-76(59,60)71-74(55,56)64-7-15-20(48)25(61-4)32(68-15)47-12-45(3)19-29(47)42-34(37)43-31(19)51/h6,10-11,13,15-17,20-26,32-33,48-49H,7-9,12H2,1-5H3,(H,53,54)(H,55,56)(H,57,58)(H,59,60)(H2,36,39,40)(H3,37,42,43,51)(H2,38,44,50,52)/t15-,16-,17-,20+,21-,22+,23?,24?,25?,26+,32-,33-/m1/s1. The average molecular weight is 1160 g/mol. The number of fused-ring (bicyclic) bond motifs is 2. The summed E-state index contributed by atoms with van der Waals surface area (Å²) in [6.45, 7) is 0.0172. The molecule has 7 unspecified atom stereocenters. The summed E-state index contributed by atoms with van der Waals surface area (Å²) >= 11 is 0. The molecule has 0 radical (unpaired) electrons. The summed E-state index contributed by atoms with van der Waals surface area (Å²) in [5.74, 6) is -0.273. The van der Waals surface area contributed by atoms with Gasteiger partial charge in [-0.25, -0.2) is 38.0 Å². The minimum atomic E-state index is -6.18.